The van der Waals surface area contributed by atoms with Crippen LogP contribution in [0, 0.1) is 19.3 Å². The summed E-state index contributed by atoms with van der Waals surface area (Å²) in [6.45, 7) is 4.59. The molecule has 0 bridgehead atoms. The molecular weight excluding hydrogens is 316 g/mol. The number of nitrogens with zero attached hydrogens (tertiary/aromatic N) is 5. The Balaban J connectivity index is 1.71. The van der Waals surface area contributed by atoms with Crippen LogP contribution in [-0.4, -0.2) is 58.3 Å². The van der Waals surface area contributed by atoms with Gasteiger partial charge in [0.2, 0.25) is 10.1 Å². The lowest BCUT2D eigenvalue weighted by atomic mass is 10.3. The second kappa shape index (κ2) is 6.26. The Labute approximate surface area is 136 Å². The summed E-state index contributed by atoms with van der Waals surface area (Å²) in [5.41, 5.74) is 0.502. The van der Waals surface area contributed by atoms with E-state index in [4.69, 9.17) is 6.42 Å². The van der Waals surface area contributed by atoms with E-state index in [-0.39, 0.29) is 18.1 Å². The van der Waals surface area contributed by atoms with Crippen LogP contribution in [0.15, 0.2) is 10.9 Å². The Bertz CT molecular complexity index is 828. The molecule has 9 heteroatoms. The Kier molecular flexibility index (Phi) is 4.16. The van der Waals surface area contributed by atoms with E-state index in [9.17, 15) is 9.59 Å². The number of aryl methyl sites for hydroxylation is 1. The van der Waals surface area contributed by atoms with Gasteiger partial charge in [0.1, 0.15) is 0 Å². The molecule has 23 heavy (non-hydrogen) atoms. The quantitative estimate of drug-likeness (QED) is 0.778. The Morgan fingerprint density at radius 1 is 1.43 bits per heavy atom. The van der Waals surface area contributed by atoms with E-state index in [2.05, 4.69) is 26.2 Å². The first-order chi connectivity index (χ1) is 11.1. The third-order valence-corrected chi connectivity index (χ3v) is 4.57. The Hall–Kier alpha value is -2.60. The first kappa shape index (κ1) is 15.3. The lowest BCUT2D eigenvalue weighted by Crippen LogP contribution is -2.52. The largest absolute Gasteiger partial charge is 0.343 e. The molecule has 1 aliphatic heterocycles. The van der Waals surface area contributed by atoms with E-state index in [0.29, 0.717) is 31.1 Å². The maximum Gasteiger partial charge on any atom is 0.318 e. The zero-order valence-corrected chi connectivity index (χ0v) is 13.5. The molecule has 2 amide bonds. The second-order valence-corrected chi connectivity index (χ2v) is 6.09. The van der Waals surface area contributed by atoms with Gasteiger partial charge in [-0.3, -0.25) is 4.79 Å². The monoisotopic (exact) mass is 332 g/mol. The number of carbonyl (C=O) groups is 1. The second-order valence-electron chi connectivity index (χ2n) is 5.15. The van der Waals surface area contributed by atoms with Crippen molar-refractivity contribution in [2.75, 3.05) is 37.6 Å². The highest BCUT2D eigenvalue weighted by atomic mass is 32.1. The number of nitrogens with one attached hydrogen (secondary N) is 1. The minimum atomic E-state index is -0.257. The maximum atomic E-state index is 11.9. The SMILES string of the molecule is C#CCNC(=O)N1CCN(c2nn3c(C)cc(=O)nc3s2)CC1. The van der Waals surface area contributed by atoms with Crippen molar-refractivity contribution < 1.29 is 4.79 Å². The summed E-state index contributed by atoms with van der Waals surface area (Å²) < 4.78 is 1.67. The Morgan fingerprint density at radius 3 is 2.87 bits per heavy atom. The topological polar surface area (TPSA) is 82.8 Å². The summed E-state index contributed by atoms with van der Waals surface area (Å²) in [5, 5.41) is 7.97. The van der Waals surface area contributed by atoms with E-state index in [1.54, 1.807) is 9.42 Å². The first-order valence-electron chi connectivity index (χ1n) is 7.17. The number of rotatable bonds is 2. The lowest BCUT2D eigenvalue weighted by molar-refractivity contribution is 0.195. The molecule has 1 N–H and O–H groups in total. The maximum absolute atomic E-state index is 11.9. The van der Waals surface area contributed by atoms with Gasteiger partial charge in [-0.2, -0.15) is 4.98 Å². The molecule has 120 valence electrons. The molecule has 0 spiro atoms. The van der Waals surface area contributed by atoms with Crippen LogP contribution in [0.5, 0.6) is 0 Å². The number of anilines is 1. The highest BCUT2D eigenvalue weighted by Crippen LogP contribution is 2.23. The number of hydrogen-bond acceptors (Lipinski definition) is 6. The van der Waals surface area contributed by atoms with Crippen molar-refractivity contribution in [2.24, 2.45) is 0 Å². The summed E-state index contributed by atoms with van der Waals surface area (Å²) in [5.74, 6) is 2.38. The zero-order chi connectivity index (χ0) is 16.4. The summed E-state index contributed by atoms with van der Waals surface area (Å²) in [6, 6.07) is 1.32. The molecule has 0 aromatic carbocycles. The van der Waals surface area contributed by atoms with Gasteiger partial charge in [-0.1, -0.05) is 17.3 Å². The van der Waals surface area contributed by atoms with Gasteiger partial charge < -0.3 is 15.1 Å². The molecule has 1 fully saturated rings. The van der Waals surface area contributed by atoms with Gasteiger partial charge in [-0.15, -0.1) is 11.5 Å². The number of urea groups is 1. The number of hydrogen-bond donors (Lipinski definition) is 1. The fraction of sp³-hybridized carbons (Fsp3) is 0.429. The van der Waals surface area contributed by atoms with Gasteiger partial charge in [0.15, 0.2) is 0 Å². The van der Waals surface area contributed by atoms with E-state index in [1.807, 2.05) is 6.92 Å². The Morgan fingerprint density at radius 2 is 2.17 bits per heavy atom. The van der Waals surface area contributed by atoms with Crippen molar-refractivity contribution in [3.8, 4) is 12.3 Å². The standard InChI is InChI=1S/C14H16N6O2S/c1-3-4-15-12(22)18-5-7-19(8-6-18)14-17-20-10(2)9-11(21)16-13(20)23-14/h1,9H,4-8H2,2H3,(H,15,22). The zero-order valence-electron chi connectivity index (χ0n) is 12.7. The van der Waals surface area contributed by atoms with Gasteiger partial charge in [0.05, 0.1) is 6.54 Å². The smallest absolute Gasteiger partial charge is 0.318 e. The van der Waals surface area contributed by atoms with Gasteiger partial charge in [0.25, 0.3) is 5.56 Å². The number of fused-ring (bicyclic) bond motifs is 1. The predicted octanol–water partition coefficient (Wildman–Crippen LogP) is -0.0758. The third kappa shape index (κ3) is 3.12. The fourth-order valence-electron chi connectivity index (χ4n) is 2.41. The molecule has 1 aliphatic rings. The fourth-order valence-corrected chi connectivity index (χ4v) is 3.41. The first-order valence-corrected chi connectivity index (χ1v) is 7.99. The van der Waals surface area contributed by atoms with E-state index >= 15 is 0 Å². The summed E-state index contributed by atoms with van der Waals surface area (Å²) >= 11 is 1.38. The van der Waals surface area contributed by atoms with Crippen molar-refractivity contribution in [1.29, 1.82) is 0 Å². The third-order valence-electron chi connectivity index (χ3n) is 3.60. The predicted molar refractivity (Wildman–Crippen MR) is 87.9 cm³/mol. The minimum Gasteiger partial charge on any atom is -0.343 e. The molecule has 2 aromatic rings. The number of aromatic nitrogens is 3. The average Bonchev–Trinajstić information content (AvgIpc) is 2.97. The van der Waals surface area contributed by atoms with Crippen LogP contribution < -0.4 is 15.8 Å². The molecule has 0 unspecified atom stereocenters. The van der Waals surface area contributed by atoms with Gasteiger partial charge in [-0.25, -0.2) is 9.31 Å². The summed E-state index contributed by atoms with van der Waals surface area (Å²) in [4.78, 5) is 31.7. The number of piperazine rings is 1. The van der Waals surface area contributed by atoms with Crippen molar-refractivity contribution in [1.82, 2.24) is 24.8 Å². The molecule has 0 atom stereocenters. The molecule has 3 rings (SSSR count). The lowest BCUT2D eigenvalue weighted by Gasteiger charge is -2.34. The van der Waals surface area contributed by atoms with Crippen molar-refractivity contribution in [3.63, 3.8) is 0 Å². The summed E-state index contributed by atoms with van der Waals surface area (Å²) in [6.07, 6.45) is 5.14. The molecule has 2 aromatic heterocycles. The molecule has 1 saturated heterocycles. The molecule has 0 radical (unpaired) electrons. The van der Waals surface area contributed by atoms with E-state index < -0.39 is 0 Å². The van der Waals surface area contributed by atoms with Crippen LogP contribution in [-0.2, 0) is 0 Å². The molecular formula is C14H16N6O2S. The highest BCUT2D eigenvalue weighted by molar-refractivity contribution is 7.20. The van der Waals surface area contributed by atoms with Crippen LogP contribution in [0.1, 0.15) is 5.69 Å². The normalized spacial score (nSPS) is 14.8. The average molecular weight is 332 g/mol. The number of carbonyl (C=O) groups excluding carboxylic acids is 1. The van der Waals surface area contributed by atoms with Crippen LogP contribution in [0.2, 0.25) is 0 Å². The minimum absolute atomic E-state index is 0.144. The number of amides is 2. The van der Waals surface area contributed by atoms with Gasteiger partial charge in [0, 0.05) is 37.9 Å². The van der Waals surface area contributed by atoms with Gasteiger partial charge >= 0.3 is 6.03 Å². The van der Waals surface area contributed by atoms with Crippen LogP contribution in [0.4, 0.5) is 9.93 Å². The van der Waals surface area contributed by atoms with Crippen molar-refractivity contribution >= 4 is 27.5 Å². The van der Waals surface area contributed by atoms with Crippen LogP contribution in [0.3, 0.4) is 0 Å². The van der Waals surface area contributed by atoms with Crippen molar-refractivity contribution in [2.45, 2.75) is 6.92 Å². The van der Waals surface area contributed by atoms with E-state index in [1.165, 1.54) is 17.4 Å². The highest BCUT2D eigenvalue weighted by Gasteiger charge is 2.23. The molecule has 8 nitrogen and oxygen atoms in total. The van der Waals surface area contributed by atoms with Crippen LogP contribution in [0.25, 0.3) is 4.96 Å². The van der Waals surface area contributed by atoms with Gasteiger partial charge in [-0.05, 0) is 6.92 Å². The van der Waals surface area contributed by atoms with Crippen LogP contribution >= 0.6 is 11.3 Å². The summed E-state index contributed by atoms with van der Waals surface area (Å²) in [7, 11) is 0. The van der Waals surface area contributed by atoms with Crippen molar-refractivity contribution in [3.05, 3.63) is 22.1 Å². The van der Waals surface area contributed by atoms with E-state index in [0.717, 1.165) is 10.8 Å². The molecule has 3 heterocycles. The molecule has 0 aliphatic carbocycles. The number of terminal acetylenes is 1. The molecule has 0 saturated carbocycles.